The Labute approximate surface area is 278 Å². The van der Waals surface area contributed by atoms with E-state index in [-0.39, 0.29) is 13.2 Å². The van der Waals surface area contributed by atoms with E-state index in [2.05, 4.69) is 32.1 Å². The molecule has 0 aliphatic rings. The van der Waals surface area contributed by atoms with E-state index in [0.29, 0.717) is 0 Å². The minimum absolute atomic E-state index is 0.138. The van der Waals surface area contributed by atoms with Gasteiger partial charge in [-0.25, -0.2) is 4.79 Å². The molecule has 0 aromatic rings. The first-order valence-corrected chi connectivity index (χ1v) is 18.3. The first-order chi connectivity index (χ1) is 22.2. The molecule has 0 aliphatic carbocycles. The van der Waals surface area contributed by atoms with Crippen molar-refractivity contribution in [1.29, 1.82) is 0 Å². The number of esters is 1. The number of carbonyl (C=O) groups is 1. The van der Waals surface area contributed by atoms with Gasteiger partial charge in [-0.3, -0.25) is 0 Å². The van der Waals surface area contributed by atoms with Crippen LogP contribution in [0.1, 0.15) is 149 Å². The minimum atomic E-state index is -0.685. The van der Waals surface area contributed by atoms with Crippen LogP contribution in [0.15, 0.2) is 85.3 Å². The Morgan fingerprint density at radius 3 is 1.40 bits per heavy atom. The van der Waals surface area contributed by atoms with Crippen LogP contribution in [0.4, 0.5) is 0 Å². The Kier molecular flexibility index (Phi) is 35.4. The third-order valence-electron chi connectivity index (χ3n) is 7.53. The molecule has 1 atom stereocenters. The predicted octanol–water partition coefficient (Wildman–Crippen LogP) is 12.0. The molecule has 0 saturated carbocycles. The molecule has 0 fully saturated rings. The van der Waals surface area contributed by atoms with Gasteiger partial charge >= 0.3 is 5.97 Å². The fraction of sp³-hybridized carbons (Fsp3) is 0.634. The van der Waals surface area contributed by atoms with Gasteiger partial charge in [-0.05, 0) is 31.8 Å². The lowest BCUT2D eigenvalue weighted by Crippen LogP contribution is -2.25. The van der Waals surface area contributed by atoms with Crippen molar-refractivity contribution in [2.45, 2.75) is 155 Å². The molecule has 0 amide bonds. The van der Waals surface area contributed by atoms with Crippen molar-refractivity contribution in [2.75, 3.05) is 13.2 Å². The van der Waals surface area contributed by atoms with E-state index in [4.69, 9.17) is 9.47 Å². The molecular weight excluding hydrogens is 556 g/mol. The maximum atomic E-state index is 12.0. The van der Waals surface area contributed by atoms with Gasteiger partial charge in [-0.15, -0.1) is 0 Å². The van der Waals surface area contributed by atoms with Crippen molar-refractivity contribution >= 4 is 5.97 Å². The monoisotopic (exact) mass is 625 g/mol. The Morgan fingerprint density at radius 1 is 0.533 bits per heavy atom. The molecule has 0 aromatic heterocycles. The lowest BCUT2D eigenvalue weighted by Gasteiger charge is -2.13. The molecule has 0 aromatic carbocycles. The molecular formula is C41H68O4. The number of aliphatic hydroxyl groups excluding tert-OH is 1. The maximum Gasteiger partial charge on any atom is 0.331 e. The summed E-state index contributed by atoms with van der Waals surface area (Å²) in [6.07, 6.45) is 53.4. The number of allylic oxidation sites excluding steroid dienone is 12. The van der Waals surface area contributed by atoms with Gasteiger partial charge in [0.1, 0.15) is 6.61 Å². The van der Waals surface area contributed by atoms with E-state index < -0.39 is 12.1 Å². The summed E-state index contributed by atoms with van der Waals surface area (Å²) in [6, 6.07) is 0. The number of aliphatic hydroxyl groups is 1. The van der Waals surface area contributed by atoms with Crippen LogP contribution in [0.25, 0.3) is 0 Å². The largest absolute Gasteiger partial charge is 0.498 e. The highest BCUT2D eigenvalue weighted by atomic mass is 16.6. The standard InChI is InChI=1S/C41H68O4/c1-3-5-7-9-11-13-15-17-19-20-21-22-23-24-26-28-30-32-34-36-41(43)45-40(38-42)39-44-37-35-33-31-29-27-25-18-16-14-12-10-8-6-4-2/h19-24,26,28,30,32,34-37,40,42H,3-18,25,27,29,31,33,38-39H2,1-2H3/t40-/m0/s1. The summed E-state index contributed by atoms with van der Waals surface area (Å²) in [5.74, 6) is -0.503. The maximum absolute atomic E-state index is 12.0. The zero-order valence-electron chi connectivity index (χ0n) is 29.1. The number of ether oxygens (including phenoxy) is 2. The number of hydrogen-bond donors (Lipinski definition) is 1. The van der Waals surface area contributed by atoms with Gasteiger partial charge in [0.15, 0.2) is 6.10 Å². The van der Waals surface area contributed by atoms with Gasteiger partial charge < -0.3 is 14.6 Å². The first-order valence-electron chi connectivity index (χ1n) is 18.3. The van der Waals surface area contributed by atoms with Gasteiger partial charge in [0.2, 0.25) is 0 Å². The number of carbonyl (C=O) groups excluding carboxylic acids is 1. The molecule has 45 heavy (non-hydrogen) atoms. The highest BCUT2D eigenvalue weighted by molar-refractivity contribution is 5.82. The highest BCUT2D eigenvalue weighted by Gasteiger charge is 2.11. The van der Waals surface area contributed by atoms with Crippen LogP contribution in [0, 0.1) is 0 Å². The van der Waals surface area contributed by atoms with Crippen LogP contribution in [0.3, 0.4) is 0 Å². The molecule has 256 valence electrons. The van der Waals surface area contributed by atoms with Gasteiger partial charge in [0.05, 0.1) is 12.9 Å². The average Bonchev–Trinajstić information content (AvgIpc) is 3.05. The smallest absolute Gasteiger partial charge is 0.331 e. The van der Waals surface area contributed by atoms with Crippen molar-refractivity contribution in [1.82, 2.24) is 0 Å². The average molecular weight is 625 g/mol. The summed E-state index contributed by atoms with van der Waals surface area (Å²) in [5.41, 5.74) is 0. The Hall–Kier alpha value is -2.59. The van der Waals surface area contributed by atoms with E-state index >= 15 is 0 Å². The highest BCUT2D eigenvalue weighted by Crippen LogP contribution is 2.13. The lowest BCUT2D eigenvalue weighted by molar-refractivity contribution is -0.147. The quantitative estimate of drug-likeness (QED) is 0.0266. The Balaban J connectivity index is 3.80. The third kappa shape index (κ3) is 35.8. The van der Waals surface area contributed by atoms with Gasteiger partial charge in [0, 0.05) is 6.08 Å². The van der Waals surface area contributed by atoms with E-state index in [1.165, 1.54) is 122 Å². The second kappa shape index (κ2) is 37.6. The summed E-state index contributed by atoms with van der Waals surface area (Å²) in [5, 5.41) is 9.49. The van der Waals surface area contributed by atoms with Crippen LogP contribution in [0.5, 0.6) is 0 Å². The fourth-order valence-electron chi connectivity index (χ4n) is 4.77. The summed E-state index contributed by atoms with van der Waals surface area (Å²) in [6.45, 7) is 4.39. The minimum Gasteiger partial charge on any atom is -0.498 e. The van der Waals surface area contributed by atoms with Crippen molar-refractivity contribution in [3.8, 4) is 0 Å². The van der Waals surface area contributed by atoms with Crippen LogP contribution < -0.4 is 0 Å². The van der Waals surface area contributed by atoms with E-state index in [9.17, 15) is 9.90 Å². The summed E-state index contributed by atoms with van der Waals surface area (Å²) in [7, 11) is 0. The SMILES string of the molecule is CCCCCCCCCC=CC=CC=CC=CC=CC=CC(=O)O[C@@H](CO)COC=CCCCCCCCCCCCCCC. The number of rotatable bonds is 32. The van der Waals surface area contributed by atoms with Crippen molar-refractivity contribution in [2.24, 2.45) is 0 Å². The molecule has 0 heterocycles. The molecule has 0 rings (SSSR count). The zero-order chi connectivity index (χ0) is 32.7. The molecule has 0 bridgehead atoms. The van der Waals surface area contributed by atoms with Crippen molar-refractivity contribution < 1.29 is 19.4 Å². The molecule has 4 nitrogen and oxygen atoms in total. The van der Waals surface area contributed by atoms with Crippen molar-refractivity contribution in [3.05, 3.63) is 85.3 Å². The molecule has 0 aliphatic heterocycles. The topological polar surface area (TPSA) is 55.8 Å². The lowest BCUT2D eigenvalue weighted by atomic mass is 10.0. The van der Waals surface area contributed by atoms with E-state index in [1.54, 1.807) is 18.4 Å². The summed E-state index contributed by atoms with van der Waals surface area (Å²) in [4.78, 5) is 12.0. The number of hydrogen-bond acceptors (Lipinski definition) is 4. The Bertz CT molecular complexity index is 830. The molecule has 0 unspecified atom stereocenters. The summed E-state index contributed by atoms with van der Waals surface area (Å²) < 4.78 is 10.7. The second-order valence-electron chi connectivity index (χ2n) is 11.9. The predicted molar refractivity (Wildman–Crippen MR) is 195 cm³/mol. The molecule has 1 N–H and O–H groups in total. The van der Waals surface area contributed by atoms with Crippen LogP contribution >= 0.6 is 0 Å². The molecule has 4 heteroatoms. The van der Waals surface area contributed by atoms with Gasteiger partial charge in [0.25, 0.3) is 0 Å². The number of unbranched alkanes of at least 4 members (excludes halogenated alkanes) is 19. The molecule has 0 spiro atoms. The Morgan fingerprint density at radius 2 is 0.933 bits per heavy atom. The van der Waals surface area contributed by atoms with Crippen LogP contribution in [-0.4, -0.2) is 30.4 Å². The normalized spacial score (nSPS) is 13.3. The first kappa shape index (κ1) is 42.4. The summed E-state index contributed by atoms with van der Waals surface area (Å²) >= 11 is 0. The van der Waals surface area contributed by atoms with E-state index in [1.807, 2.05) is 42.5 Å². The van der Waals surface area contributed by atoms with Crippen LogP contribution in [0.2, 0.25) is 0 Å². The fourth-order valence-corrected chi connectivity index (χ4v) is 4.77. The van der Waals surface area contributed by atoms with Crippen LogP contribution in [-0.2, 0) is 14.3 Å². The molecule has 0 radical (unpaired) electrons. The van der Waals surface area contributed by atoms with E-state index in [0.717, 1.165) is 19.3 Å². The van der Waals surface area contributed by atoms with Gasteiger partial charge in [-0.1, -0.05) is 190 Å². The zero-order valence-corrected chi connectivity index (χ0v) is 29.1. The van der Waals surface area contributed by atoms with Crippen molar-refractivity contribution in [3.63, 3.8) is 0 Å². The molecule has 0 saturated heterocycles. The second-order valence-corrected chi connectivity index (χ2v) is 11.9. The third-order valence-corrected chi connectivity index (χ3v) is 7.53. The van der Waals surface area contributed by atoms with Gasteiger partial charge in [-0.2, -0.15) is 0 Å².